The van der Waals surface area contributed by atoms with E-state index in [2.05, 4.69) is 10.1 Å². The molecule has 100 valence electrons. The first-order valence-corrected chi connectivity index (χ1v) is 6.34. The predicted octanol–water partition coefficient (Wildman–Crippen LogP) is 3.69. The molecular formula is C12H10Cl2N2O3. The molecular weight excluding hydrogens is 291 g/mol. The Labute approximate surface area is 119 Å². The number of carboxylic acids is 1. The van der Waals surface area contributed by atoms with Crippen molar-refractivity contribution in [3.8, 4) is 11.5 Å². The number of hydrogen-bond donors (Lipinski definition) is 1. The highest BCUT2D eigenvalue weighted by atomic mass is 35.5. The molecule has 1 aromatic carbocycles. The van der Waals surface area contributed by atoms with Gasteiger partial charge in [-0.15, -0.1) is 0 Å². The van der Waals surface area contributed by atoms with E-state index in [0.29, 0.717) is 12.2 Å². The van der Waals surface area contributed by atoms with Crippen LogP contribution in [0.25, 0.3) is 11.5 Å². The zero-order valence-corrected chi connectivity index (χ0v) is 11.5. The summed E-state index contributed by atoms with van der Waals surface area (Å²) in [6, 6.07) is 2.77. The van der Waals surface area contributed by atoms with Crippen molar-refractivity contribution < 1.29 is 14.4 Å². The van der Waals surface area contributed by atoms with E-state index in [1.54, 1.807) is 0 Å². The summed E-state index contributed by atoms with van der Waals surface area (Å²) in [6.45, 7) is 1.99. The summed E-state index contributed by atoms with van der Waals surface area (Å²) in [5, 5.41) is 13.1. The number of carbonyl (C=O) groups is 1. The number of aromatic nitrogens is 2. The molecule has 0 saturated carbocycles. The molecule has 0 atom stereocenters. The van der Waals surface area contributed by atoms with Gasteiger partial charge in [0, 0.05) is 6.42 Å². The summed E-state index contributed by atoms with van der Waals surface area (Å²) in [5.74, 6) is -0.483. The summed E-state index contributed by atoms with van der Waals surface area (Å²) in [6.07, 6.45) is 1.53. The van der Waals surface area contributed by atoms with Crippen LogP contribution in [0.2, 0.25) is 10.0 Å². The van der Waals surface area contributed by atoms with Gasteiger partial charge >= 0.3 is 5.97 Å². The average molecular weight is 301 g/mol. The topological polar surface area (TPSA) is 76.2 Å². The van der Waals surface area contributed by atoms with Gasteiger partial charge in [-0.3, -0.25) is 0 Å². The van der Waals surface area contributed by atoms with Gasteiger partial charge in [-0.05, 0) is 18.6 Å². The normalized spacial score (nSPS) is 10.7. The number of aryl methyl sites for hydroxylation is 1. The van der Waals surface area contributed by atoms with Crippen LogP contribution in [0.5, 0.6) is 0 Å². The van der Waals surface area contributed by atoms with E-state index in [-0.39, 0.29) is 27.1 Å². The highest BCUT2D eigenvalue weighted by Gasteiger charge is 2.21. The van der Waals surface area contributed by atoms with E-state index >= 15 is 0 Å². The van der Waals surface area contributed by atoms with Crippen molar-refractivity contribution in [2.24, 2.45) is 0 Å². The van der Waals surface area contributed by atoms with Crippen LogP contribution < -0.4 is 0 Å². The van der Waals surface area contributed by atoms with E-state index < -0.39 is 5.97 Å². The number of rotatable bonds is 4. The average Bonchev–Trinajstić information content (AvgIpc) is 2.77. The largest absolute Gasteiger partial charge is 0.478 e. The van der Waals surface area contributed by atoms with Crippen LogP contribution in [0, 0.1) is 0 Å². The molecule has 0 saturated heterocycles. The standard InChI is InChI=1S/C12H10Cl2N2O3/c1-2-3-8-15-11(19-16-8)9-7(13)5-4-6(10(9)14)12(17)18/h4-5H,2-3H2,1H3,(H,17,18). The van der Waals surface area contributed by atoms with Gasteiger partial charge in [0.15, 0.2) is 5.82 Å². The molecule has 0 aliphatic heterocycles. The number of aromatic carboxylic acids is 1. The minimum atomic E-state index is -1.14. The number of carboxylic acid groups (broad SMARTS) is 1. The quantitative estimate of drug-likeness (QED) is 0.931. The Hall–Kier alpha value is -1.59. The second kappa shape index (κ2) is 5.59. The van der Waals surface area contributed by atoms with Gasteiger partial charge in [-0.1, -0.05) is 35.3 Å². The molecule has 19 heavy (non-hydrogen) atoms. The van der Waals surface area contributed by atoms with E-state index in [0.717, 1.165) is 6.42 Å². The van der Waals surface area contributed by atoms with E-state index in [1.165, 1.54) is 12.1 Å². The van der Waals surface area contributed by atoms with E-state index in [9.17, 15) is 4.79 Å². The predicted molar refractivity (Wildman–Crippen MR) is 70.7 cm³/mol. The molecule has 2 rings (SSSR count). The van der Waals surface area contributed by atoms with Crippen molar-refractivity contribution in [1.82, 2.24) is 10.1 Å². The zero-order valence-electron chi connectivity index (χ0n) is 9.98. The van der Waals surface area contributed by atoms with Crippen molar-refractivity contribution in [3.63, 3.8) is 0 Å². The highest BCUT2D eigenvalue weighted by Crippen LogP contribution is 2.36. The van der Waals surface area contributed by atoms with Crippen LogP contribution in [0.3, 0.4) is 0 Å². The Morgan fingerprint density at radius 3 is 2.79 bits per heavy atom. The molecule has 1 N–H and O–H groups in total. The minimum Gasteiger partial charge on any atom is -0.478 e. The maximum atomic E-state index is 11.0. The lowest BCUT2D eigenvalue weighted by molar-refractivity contribution is 0.0697. The fraction of sp³-hybridized carbons (Fsp3) is 0.250. The summed E-state index contributed by atoms with van der Waals surface area (Å²) in [4.78, 5) is 15.2. The Morgan fingerprint density at radius 1 is 1.42 bits per heavy atom. The Balaban J connectivity index is 2.53. The van der Waals surface area contributed by atoms with Crippen LogP contribution in [0.1, 0.15) is 29.5 Å². The third-order valence-corrected chi connectivity index (χ3v) is 3.18. The third kappa shape index (κ3) is 2.72. The molecule has 0 fully saturated rings. The third-order valence-electron chi connectivity index (χ3n) is 2.48. The molecule has 0 bridgehead atoms. The lowest BCUT2D eigenvalue weighted by Gasteiger charge is -2.05. The Morgan fingerprint density at radius 2 is 2.16 bits per heavy atom. The van der Waals surface area contributed by atoms with Gasteiger partial charge in [0.1, 0.15) is 0 Å². The lowest BCUT2D eigenvalue weighted by atomic mass is 10.1. The molecule has 0 aliphatic rings. The maximum Gasteiger partial charge on any atom is 0.337 e. The van der Waals surface area contributed by atoms with Crippen molar-refractivity contribution in [2.45, 2.75) is 19.8 Å². The highest BCUT2D eigenvalue weighted by molar-refractivity contribution is 6.40. The van der Waals surface area contributed by atoms with Gasteiger partial charge < -0.3 is 9.63 Å². The molecule has 0 spiro atoms. The summed E-state index contributed by atoms with van der Waals surface area (Å²) < 4.78 is 5.08. The van der Waals surface area contributed by atoms with E-state index in [4.69, 9.17) is 32.8 Å². The Bertz CT molecular complexity index is 625. The monoisotopic (exact) mass is 300 g/mol. The summed E-state index contributed by atoms with van der Waals surface area (Å²) in [7, 11) is 0. The van der Waals surface area contributed by atoms with Crippen LogP contribution in [0.15, 0.2) is 16.7 Å². The molecule has 5 nitrogen and oxygen atoms in total. The molecule has 1 aromatic heterocycles. The maximum absolute atomic E-state index is 11.0. The van der Waals surface area contributed by atoms with Gasteiger partial charge in [0.05, 0.1) is 21.2 Å². The van der Waals surface area contributed by atoms with Crippen LogP contribution >= 0.6 is 23.2 Å². The van der Waals surface area contributed by atoms with Gasteiger partial charge in [-0.25, -0.2) is 4.79 Å². The summed E-state index contributed by atoms with van der Waals surface area (Å²) in [5.41, 5.74) is 0.189. The molecule has 0 unspecified atom stereocenters. The molecule has 0 radical (unpaired) electrons. The van der Waals surface area contributed by atoms with Gasteiger partial charge in [0.2, 0.25) is 0 Å². The second-order valence-corrected chi connectivity index (χ2v) is 4.64. The fourth-order valence-electron chi connectivity index (χ4n) is 1.59. The first-order valence-electron chi connectivity index (χ1n) is 5.58. The first-order chi connectivity index (χ1) is 9.04. The molecule has 0 aliphatic carbocycles. The van der Waals surface area contributed by atoms with Crippen LogP contribution in [-0.2, 0) is 6.42 Å². The van der Waals surface area contributed by atoms with Gasteiger partial charge in [-0.2, -0.15) is 4.98 Å². The molecule has 0 amide bonds. The van der Waals surface area contributed by atoms with Gasteiger partial charge in [0.25, 0.3) is 5.89 Å². The molecule has 1 heterocycles. The van der Waals surface area contributed by atoms with Crippen molar-refractivity contribution in [3.05, 3.63) is 33.6 Å². The smallest absolute Gasteiger partial charge is 0.337 e. The van der Waals surface area contributed by atoms with Crippen molar-refractivity contribution in [1.29, 1.82) is 0 Å². The summed E-state index contributed by atoms with van der Waals surface area (Å²) >= 11 is 12.1. The first kappa shape index (κ1) is 13.8. The lowest BCUT2D eigenvalue weighted by Crippen LogP contribution is -1.99. The fourth-order valence-corrected chi connectivity index (χ4v) is 2.21. The number of benzene rings is 1. The minimum absolute atomic E-state index is 0.00769. The van der Waals surface area contributed by atoms with Crippen molar-refractivity contribution in [2.75, 3.05) is 0 Å². The number of hydrogen-bond acceptors (Lipinski definition) is 4. The zero-order chi connectivity index (χ0) is 14.0. The van der Waals surface area contributed by atoms with Crippen molar-refractivity contribution >= 4 is 29.2 Å². The Kier molecular flexibility index (Phi) is 4.07. The second-order valence-electron chi connectivity index (χ2n) is 3.85. The molecule has 7 heteroatoms. The molecule has 2 aromatic rings. The number of halogens is 2. The van der Waals surface area contributed by atoms with E-state index in [1.807, 2.05) is 6.92 Å². The number of nitrogens with zero attached hydrogens (tertiary/aromatic N) is 2. The van der Waals surface area contributed by atoms with Crippen LogP contribution in [-0.4, -0.2) is 21.2 Å². The SMILES string of the molecule is CCCc1noc(-c2c(Cl)ccc(C(=O)O)c2Cl)n1. The van der Waals surface area contributed by atoms with Crippen LogP contribution in [0.4, 0.5) is 0 Å².